The Labute approximate surface area is 129 Å². The van der Waals surface area contributed by atoms with Gasteiger partial charge in [0.05, 0.1) is 17.8 Å². The van der Waals surface area contributed by atoms with E-state index in [1.807, 2.05) is 6.07 Å². The Bertz CT molecular complexity index is 811. The molecule has 1 aliphatic heterocycles. The van der Waals surface area contributed by atoms with Crippen LogP contribution in [-0.2, 0) is 11.3 Å². The fourth-order valence-corrected chi connectivity index (χ4v) is 2.86. The number of benzene rings is 1. The number of carbonyl (C=O) groups is 2. The number of Topliss-reactive ketones (excluding diaryl/α,β-unsaturated/α-hetero) is 1. The number of hydrogen-bond donors (Lipinski definition) is 0. The molecule has 0 saturated carbocycles. The van der Waals surface area contributed by atoms with Crippen LogP contribution in [0.4, 0.5) is 5.69 Å². The van der Waals surface area contributed by atoms with Gasteiger partial charge in [-0.05, 0) is 45.8 Å². The highest BCUT2D eigenvalue weighted by Gasteiger charge is 2.37. The van der Waals surface area contributed by atoms with Gasteiger partial charge in [0.2, 0.25) is 0 Å². The maximum absolute atomic E-state index is 12.1. The summed E-state index contributed by atoms with van der Waals surface area (Å²) in [6.45, 7) is 0.220. The fourth-order valence-electron chi connectivity index (χ4n) is 2.28. The van der Waals surface area contributed by atoms with Crippen molar-refractivity contribution in [2.75, 3.05) is 4.90 Å². The molecule has 1 aliphatic rings. The number of amides is 1. The number of hydrogen-bond acceptors (Lipinski definition) is 4. The number of rotatable bonds is 2. The zero-order valence-electron chi connectivity index (χ0n) is 10.7. The van der Waals surface area contributed by atoms with Crippen LogP contribution in [0, 0.1) is 11.3 Å². The lowest BCUT2D eigenvalue weighted by atomic mass is 10.1. The quantitative estimate of drug-likeness (QED) is 0.786. The number of nitriles is 1. The zero-order chi connectivity index (χ0) is 15.0. The van der Waals surface area contributed by atoms with Gasteiger partial charge >= 0.3 is 0 Å². The Balaban J connectivity index is 2.02. The van der Waals surface area contributed by atoms with Gasteiger partial charge in [-0.2, -0.15) is 5.26 Å². The van der Waals surface area contributed by atoms with Crippen molar-refractivity contribution in [2.45, 2.75) is 6.54 Å². The number of fused-ring (bicyclic) bond motifs is 1. The van der Waals surface area contributed by atoms with Crippen LogP contribution < -0.4 is 4.90 Å². The maximum atomic E-state index is 12.1. The molecule has 0 atom stereocenters. The molecule has 1 aromatic carbocycles. The highest BCUT2D eigenvalue weighted by atomic mass is 79.9. The minimum atomic E-state index is -0.563. The van der Waals surface area contributed by atoms with E-state index in [2.05, 4.69) is 20.9 Å². The third-order valence-corrected chi connectivity index (χ3v) is 3.86. The van der Waals surface area contributed by atoms with Crippen molar-refractivity contribution in [1.82, 2.24) is 4.98 Å². The highest BCUT2D eigenvalue weighted by Crippen LogP contribution is 2.36. The fraction of sp³-hybridized carbons (Fsp3) is 0.0667. The highest BCUT2D eigenvalue weighted by molar-refractivity contribution is 9.10. The van der Waals surface area contributed by atoms with Crippen molar-refractivity contribution >= 4 is 33.3 Å². The van der Waals surface area contributed by atoms with Crippen LogP contribution in [0.1, 0.15) is 21.6 Å². The molecule has 102 valence electrons. The lowest BCUT2D eigenvalue weighted by Gasteiger charge is -2.17. The van der Waals surface area contributed by atoms with Gasteiger partial charge in [0.1, 0.15) is 11.8 Å². The SMILES string of the molecule is N#Cc1cc(CN2C(=O)C(=O)c3cccc(Br)c32)ccn1. The van der Waals surface area contributed by atoms with E-state index in [0.717, 1.165) is 5.56 Å². The van der Waals surface area contributed by atoms with Gasteiger partial charge in [0.15, 0.2) is 0 Å². The molecule has 0 aliphatic carbocycles. The summed E-state index contributed by atoms with van der Waals surface area (Å²) in [5.41, 5.74) is 1.98. The van der Waals surface area contributed by atoms with Crippen LogP contribution in [0.5, 0.6) is 0 Å². The van der Waals surface area contributed by atoms with Gasteiger partial charge in [-0.25, -0.2) is 4.98 Å². The summed E-state index contributed by atoms with van der Waals surface area (Å²) >= 11 is 3.37. The molecule has 0 saturated heterocycles. The van der Waals surface area contributed by atoms with E-state index < -0.39 is 11.7 Å². The van der Waals surface area contributed by atoms with Crippen LogP contribution in [0.25, 0.3) is 0 Å². The molecule has 2 aromatic rings. The third-order valence-electron chi connectivity index (χ3n) is 3.22. The van der Waals surface area contributed by atoms with E-state index in [-0.39, 0.29) is 12.2 Å². The Morgan fingerprint density at radius 2 is 2.10 bits per heavy atom. The van der Waals surface area contributed by atoms with E-state index in [1.54, 1.807) is 30.3 Å². The minimum absolute atomic E-state index is 0.220. The van der Waals surface area contributed by atoms with Crippen LogP contribution in [0.15, 0.2) is 41.0 Å². The number of carbonyl (C=O) groups excluding carboxylic acids is 2. The molecule has 1 amide bonds. The molecule has 6 heteroatoms. The first-order chi connectivity index (χ1) is 10.1. The lowest BCUT2D eigenvalue weighted by Crippen LogP contribution is -2.29. The average Bonchev–Trinajstić information content (AvgIpc) is 2.74. The number of halogens is 1. The summed E-state index contributed by atoms with van der Waals surface area (Å²) in [6.07, 6.45) is 1.51. The van der Waals surface area contributed by atoms with E-state index in [0.29, 0.717) is 15.7 Å². The normalized spacial score (nSPS) is 13.2. The van der Waals surface area contributed by atoms with Gasteiger partial charge in [-0.15, -0.1) is 0 Å². The topological polar surface area (TPSA) is 74.1 Å². The van der Waals surface area contributed by atoms with Crippen molar-refractivity contribution in [1.29, 1.82) is 5.26 Å². The summed E-state index contributed by atoms with van der Waals surface area (Å²) in [6, 6.07) is 10.4. The van der Waals surface area contributed by atoms with Crippen LogP contribution in [-0.4, -0.2) is 16.7 Å². The lowest BCUT2D eigenvalue weighted by molar-refractivity contribution is -0.114. The maximum Gasteiger partial charge on any atom is 0.299 e. The van der Waals surface area contributed by atoms with E-state index in [4.69, 9.17) is 5.26 Å². The van der Waals surface area contributed by atoms with E-state index in [9.17, 15) is 9.59 Å². The molecule has 21 heavy (non-hydrogen) atoms. The molecular weight excluding hydrogens is 334 g/mol. The van der Waals surface area contributed by atoms with Crippen molar-refractivity contribution in [3.05, 3.63) is 57.8 Å². The third kappa shape index (κ3) is 2.22. The molecule has 0 radical (unpaired) electrons. The van der Waals surface area contributed by atoms with Gasteiger partial charge in [-0.1, -0.05) is 6.07 Å². The largest absolute Gasteiger partial charge is 0.299 e. The Kier molecular flexibility index (Phi) is 3.28. The monoisotopic (exact) mass is 341 g/mol. The number of aromatic nitrogens is 1. The Hall–Kier alpha value is -2.52. The predicted octanol–water partition coefficient (Wildman–Crippen LogP) is 2.45. The second-order valence-electron chi connectivity index (χ2n) is 4.52. The number of nitrogens with zero attached hydrogens (tertiary/aromatic N) is 3. The van der Waals surface area contributed by atoms with E-state index >= 15 is 0 Å². The van der Waals surface area contributed by atoms with Gasteiger partial charge in [0.25, 0.3) is 11.7 Å². The number of anilines is 1. The number of para-hydroxylation sites is 1. The Morgan fingerprint density at radius 3 is 2.86 bits per heavy atom. The first-order valence-electron chi connectivity index (χ1n) is 6.11. The van der Waals surface area contributed by atoms with E-state index in [1.165, 1.54) is 11.1 Å². The average molecular weight is 342 g/mol. The molecule has 3 rings (SSSR count). The molecular formula is C15H8BrN3O2. The van der Waals surface area contributed by atoms with Crippen molar-refractivity contribution in [3.8, 4) is 6.07 Å². The van der Waals surface area contributed by atoms with Crippen molar-refractivity contribution in [3.63, 3.8) is 0 Å². The summed E-state index contributed by atoms with van der Waals surface area (Å²) in [4.78, 5) is 29.4. The first kappa shape index (κ1) is 13.5. The minimum Gasteiger partial charge on any atom is -0.299 e. The molecule has 0 bridgehead atoms. The first-order valence-corrected chi connectivity index (χ1v) is 6.91. The molecule has 1 aromatic heterocycles. The van der Waals surface area contributed by atoms with Crippen LogP contribution in [0.3, 0.4) is 0 Å². The molecule has 0 unspecified atom stereocenters. The smallest absolute Gasteiger partial charge is 0.299 e. The van der Waals surface area contributed by atoms with Gasteiger partial charge in [-0.3, -0.25) is 14.5 Å². The number of ketones is 1. The predicted molar refractivity (Wildman–Crippen MR) is 78.6 cm³/mol. The molecule has 0 N–H and O–H groups in total. The number of pyridine rings is 1. The summed E-state index contributed by atoms with van der Waals surface area (Å²) < 4.78 is 0.689. The van der Waals surface area contributed by atoms with Crippen LogP contribution >= 0.6 is 15.9 Å². The zero-order valence-corrected chi connectivity index (χ0v) is 12.3. The second-order valence-corrected chi connectivity index (χ2v) is 5.37. The van der Waals surface area contributed by atoms with Crippen molar-refractivity contribution < 1.29 is 9.59 Å². The summed E-state index contributed by atoms with van der Waals surface area (Å²) in [7, 11) is 0. The molecule has 5 nitrogen and oxygen atoms in total. The molecule has 2 heterocycles. The van der Waals surface area contributed by atoms with Crippen molar-refractivity contribution in [2.24, 2.45) is 0 Å². The second kappa shape index (κ2) is 5.11. The molecule has 0 fully saturated rings. The molecule has 0 spiro atoms. The summed E-state index contributed by atoms with van der Waals surface area (Å²) in [5, 5.41) is 8.86. The summed E-state index contributed by atoms with van der Waals surface area (Å²) in [5.74, 6) is -1.08. The standard InChI is InChI=1S/C15H8BrN3O2/c16-12-3-1-2-11-13(12)19(15(21)14(11)20)8-9-4-5-18-10(6-9)7-17/h1-6H,8H2. The van der Waals surface area contributed by atoms with Gasteiger partial charge < -0.3 is 0 Å². The Morgan fingerprint density at radius 1 is 1.29 bits per heavy atom. The van der Waals surface area contributed by atoms with Crippen LogP contribution in [0.2, 0.25) is 0 Å². The van der Waals surface area contributed by atoms with Gasteiger partial charge in [0, 0.05) is 10.7 Å².